The minimum Gasteiger partial charge on any atom is -0.379 e. The third-order valence-electron chi connectivity index (χ3n) is 5.12. The minimum atomic E-state index is -0.419. The minimum absolute atomic E-state index is 0. The number of nitrogens with one attached hydrogen (secondary N) is 1. The zero-order chi connectivity index (χ0) is 19.8. The van der Waals surface area contributed by atoms with E-state index in [2.05, 4.69) is 15.2 Å². The van der Waals surface area contributed by atoms with Gasteiger partial charge in [-0.25, -0.2) is 8.78 Å². The zero-order valence-electron chi connectivity index (χ0n) is 16.9. The topological polar surface area (TPSA) is 49.3 Å². The molecular weight excluding hydrogens is 493 g/mol. The van der Waals surface area contributed by atoms with Crippen LogP contribution in [-0.4, -0.2) is 76.6 Å². The van der Waals surface area contributed by atoms with Crippen LogP contribution in [0.2, 0.25) is 0 Å². The van der Waals surface area contributed by atoms with E-state index in [0.29, 0.717) is 45.1 Å². The normalized spacial score (nSPS) is 20.0. The van der Waals surface area contributed by atoms with E-state index < -0.39 is 5.82 Å². The molecule has 2 aliphatic heterocycles. The molecule has 1 unspecified atom stereocenters. The monoisotopic (exact) mass is 524 g/mol. The molecule has 2 heterocycles. The van der Waals surface area contributed by atoms with Crippen molar-refractivity contribution in [2.24, 2.45) is 4.99 Å². The smallest absolute Gasteiger partial charge is 0.193 e. The molecule has 0 bridgehead atoms. The fraction of sp³-hybridized carbons (Fsp3) is 0.650. The van der Waals surface area contributed by atoms with Crippen LogP contribution < -0.4 is 10.2 Å². The van der Waals surface area contributed by atoms with Gasteiger partial charge in [0.25, 0.3) is 0 Å². The molecule has 0 aromatic heterocycles. The number of benzene rings is 1. The van der Waals surface area contributed by atoms with E-state index in [1.54, 1.807) is 7.05 Å². The van der Waals surface area contributed by atoms with Crippen LogP contribution >= 0.6 is 24.0 Å². The van der Waals surface area contributed by atoms with E-state index in [9.17, 15) is 8.78 Å². The lowest BCUT2D eigenvalue weighted by Gasteiger charge is -2.37. The van der Waals surface area contributed by atoms with E-state index in [1.165, 1.54) is 12.1 Å². The molecule has 164 valence electrons. The van der Waals surface area contributed by atoms with E-state index >= 15 is 0 Å². The van der Waals surface area contributed by atoms with Gasteiger partial charge in [-0.05, 0) is 31.4 Å². The molecule has 0 radical (unpaired) electrons. The molecule has 2 saturated heterocycles. The SMILES string of the molecule is CN=C(NCCCOCC1CCCO1)N1CCN(c2cc(F)ccc2F)CC1.I. The number of halogens is 3. The summed E-state index contributed by atoms with van der Waals surface area (Å²) in [6.45, 7) is 5.62. The molecule has 29 heavy (non-hydrogen) atoms. The zero-order valence-corrected chi connectivity index (χ0v) is 19.2. The van der Waals surface area contributed by atoms with Crippen LogP contribution in [0.3, 0.4) is 0 Å². The fourth-order valence-electron chi connectivity index (χ4n) is 3.58. The lowest BCUT2D eigenvalue weighted by Crippen LogP contribution is -2.52. The van der Waals surface area contributed by atoms with Gasteiger partial charge in [0.05, 0.1) is 18.4 Å². The van der Waals surface area contributed by atoms with Crippen LogP contribution in [0.4, 0.5) is 14.5 Å². The first-order valence-corrected chi connectivity index (χ1v) is 10.0. The highest BCUT2D eigenvalue weighted by Gasteiger charge is 2.22. The summed E-state index contributed by atoms with van der Waals surface area (Å²) in [7, 11) is 1.76. The predicted octanol–water partition coefficient (Wildman–Crippen LogP) is 2.87. The molecule has 1 N–H and O–H groups in total. The summed E-state index contributed by atoms with van der Waals surface area (Å²) in [6.07, 6.45) is 3.38. The Morgan fingerprint density at radius 2 is 2.07 bits per heavy atom. The fourth-order valence-corrected chi connectivity index (χ4v) is 3.58. The van der Waals surface area contributed by atoms with Gasteiger partial charge in [-0.2, -0.15) is 0 Å². The largest absolute Gasteiger partial charge is 0.379 e. The van der Waals surface area contributed by atoms with Crippen molar-refractivity contribution in [3.8, 4) is 0 Å². The molecule has 0 amide bonds. The van der Waals surface area contributed by atoms with Crippen molar-refractivity contribution >= 4 is 35.6 Å². The molecule has 1 aromatic carbocycles. The molecule has 2 aliphatic rings. The highest BCUT2D eigenvalue weighted by atomic mass is 127. The summed E-state index contributed by atoms with van der Waals surface area (Å²) in [6, 6.07) is 3.58. The van der Waals surface area contributed by atoms with Gasteiger partial charge in [-0.15, -0.1) is 24.0 Å². The Labute approximate surface area is 188 Å². The summed E-state index contributed by atoms with van der Waals surface area (Å²) in [5, 5.41) is 3.35. The Morgan fingerprint density at radius 3 is 2.76 bits per heavy atom. The lowest BCUT2D eigenvalue weighted by atomic mass is 10.2. The number of rotatable bonds is 7. The second-order valence-electron chi connectivity index (χ2n) is 7.11. The molecule has 9 heteroatoms. The molecule has 1 aromatic rings. The van der Waals surface area contributed by atoms with Crippen molar-refractivity contribution < 1.29 is 18.3 Å². The lowest BCUT2D eigenvalue weighted by molar-refractivity contribution is 0.0168. The average molecular weight is 524 g/mol. The summed E-state index contributed by atoms with van der Waals surface area (Å²) in [5.41, 5.74) is 0.325. The van der Waals surface area contributed by atoms with Crippen LogP contribution in [0.25, 0.3) is 0 Å². The first-order valence-electron chi connectivity index (χ1n) is 10.0. The maximum Gasteiger partial charge on any atom is 0.193 e. The van der Waals surface area contributed by atoms with Crippen molar-refractivity contribution in [3.05, 3.63) is 29.8 Å². The van der Waals surface area contributed by atoms with Crippen LogP contribution in [0.5, 0.6) is 0 Å². The quantitative estimate of drug-likeness (QED) is 0.258. The highest BCUT2D eigenvalue weighted by Crippen LogP contribution is 2.21. The third-order valence-corrected chi connectivity index (χ3v) is 5.12. The molecule has 1 atom stereocenters. The van der Waals surface area contributed by atoms with E-state index in [1.807, 2.05) is 4.90 Å². The second kappa shape index (κ2) is 12.5. The van der Waals surface area contributed by atoms with Gasteiger partial charge in [0.1, 0.15) is 11.6 Å². The van der Waals surface area contributed by atoms with Crippen molar-refractivity contribution in [2.75, 3.05) is 64.5 Å². The number of hydrogen-bond donors (Lipinski definition) is 1. The number of ether oxygens (including phenoxy) is 2. The molecular formula is C20H31F2IN4O2. The molecule has 3 rings (SSSR count). The van der Waals surface area contributed by atoms with Gasteiger partial charge in [0.15, 0.2) is 5.96 Å². The number of anilines is 1. The van der Waals surface area contributed by atoms with Gasteiger partial charge in [0.2, 0.25) is 0 Å². The van der Waals surface area contributed by atoms with E-state index in [-0.39, 0.29) is 35.9 Å². The van der Waals surface area contributed by atoms with E-state index in [0.717, 1.165) is 44.4 Å². The first kappa shape index (κ1) is 24.1. The summed E-state index contributed by atoms with van der Waals surface area (Å²) in [4.78, 5) is 8.36. The van der Waals surface area contributed by atoms with Crippen LogP contribution in [0, 0.1) is 11.6 Å². The van der Waals surface area contributed by atoms with Gasteiger partial charge in [0, 0.05) is 59.1 Å². The summed E-state index contributed by atoms with van der Waals surface area (Å²) >= 11 is 0. The predicted molar refractivity (Wildman–Crippen MR) is 121 cm³/mol. The van der Waals surface area contributed by atoms with Crippen molar-refractivity contribution in [3.63, 3.8) is 0 Å². The molecule has 0 spiro atoms. The molecule has 2 fully saturated rings. The Kier molecular flexibility index (Phi) is 10.4. The van der Waals surface area contributed by atoms with Gasteiger partial charge in [-0.3, -0.25) is 4.99 Å². The Bertz CT molecular complexity index is 651. The number of piperazine rings is 1. The maximum atomic E-state index is 14.0. The Morgan fingerprint density at radius 1 is 1.28 bits per heavy atom. The molecule has 0 saturated carbocycles. The number of hydrogen-bond acceptors (Lipinski definition) is 4. The van der Waals surface area contributed by atoms with Crippen molar-refractivity contribution in [1.29, 1.82) is 0 Å². The van der Waals surface area contributed by atoms with Crippen molar-refractivity contribution in [2.45, 2.75) is 25.4 Å². The van der Waals surface area contributed by atoms with Gasteiger partial charge in [-0.1, -0.05) is 0 Å². The molecule has 0 aliphatic carbocycles. The standard InChI is InChI=1S/C20H30F2N4O2.HI/c1-23-20(24-7-3-12-27-15-17-4-2-13-28-17)26-10-8-25(9-11-26)19-14-16(21)5-6-18(19)22;/h5-6,14,17H,2-4,7-13,15H2,1H3,(H,23,24);1H. The maximum absolute atomic E-state index is 14.0. The summed E-state index contributed by atoms with van der Waals surface area (Å²) in [5.74, 6) is 0.0249. The number of guanidine groups is 1. The Balaban J connectivity index is 0.00000300. The summed E-state index contributed by atoms with van der Waals surface area (Å²) < 4.78 is 38.6. The van der Waals surface area contributed by atoms with Crippen molar-refractivity contribution in [1.82, 2.24) is 10.2 Å². The van der Waals surface area contributed by atoms with Crippen LogP contribution in [0.1, 0.15) is 19.3 Å². The average Bonchev–Trinajstić information content (AvgIpc) is 3.23. The molecule has 6 nitrogen and oxygen atoms in total. The Hall–Kier alpha value is -1.20. The highest BCUT2D eigenvalue weighted by molar-refractivity contribution is 14.0. The van der Waals surface area contributed by atoms with Gasteiger partial charge < -0.3 is 24.6 Å². The van der Waals surface area contributed by atoms with Crippen LogP contribution in [-0.2, 0) is 9.47 Å². The third kappa shape index (κ3) is 7.21. The van der Waals surface area contributed by atoms with Crippen LogP contribution in [0.15, 0.2) is 23.2 Å². The number of aliphatic imine (C=N–C) groups is 1. The van der Waals surface area contributed by atoms with E-state index in [4.69, 9.17) is 9.47 Å². The number of nitrogens with zero attached hydrogens (tertiary/aromatic N) is 3. The first-order chi connectivity index (χ1) is 13.7. The second-order valence-corrected chi connectivity index (χ2v) is 7.11. The van der Waals surface area contributed by atoms with Gasteiger partial charge >= 0.3 is 0 Å².